The van der Waals surface area contributed by atoms with Crippen molar-refractivity contribution in [2.24, 2.45) is 0 Å². The number of nitrogens with one attached hydrogen (secondary N) is 1. The van der Waals surface area contributed by atoms with Crippen LogP contribution in [0.4, 0.5) is 0 Å². The summed E-state index contributed by atoms with van der Waals surface area (Å²) < 4.78 is 39.9. The summed E-state index contributed by atoms with van der Waals surface area (Å²) in [6, 6.07) is 1.85. The molecular formula is C15H21N5O4S. The molecule has 1 saturated carbocycles. The number of ether oxygens (including phenoxy) is 2. The molecular weight excluding hydrogens is 346 g/mol. The molecule has 0 radical (unpaired) electrons. The van der Waals surface area contributed by atoms with Gasteiger partial charge in [-0.3, -0.25) is 0 Å². The first kappa shape index (κ1) is 18.0. The van der Waals surface area contributed by atoms with E-state index in [0.29, 0.717) is 52.0 Å². The van der Waals surface area contributed by atoms with E-state index < -0.39 is 10.2 Å². The second kappa shape index (κ2) is 8.05. The van der Waals surface area contributed by atoms with E-state index in [1.165, 1.54) is 16.7 Å². The zero-order chi connectivity index (χ0) is 17.7. The minimum Gasteiger partial charge on any atom is -0.472 e. The maximum absolute atomic E-state index is 12.4. The normalized spacial score (nSPS) is 25.2. The van der Waals surface area contributed by atoms with Gasteiger partial charge in [0.15, 0.2) is 0 Å². The number of nitrogens with zero attached hydrogens (tertiary/aromatic N) is 4. The lowest BCUT2D eigenvalue weighted by atomic mass is 9.94. The largest absolute Gasteiger partial charge is 0.472 e. The smallest absolute Gasteiger partial charge is 0.279 e. The highest BCUT2D eigenvalue weighted by Crippen LogP contribution is 2.24. The Hall–Kier alpha value is -1.80. The Morgan fingerprint density at radius 2 is 1.88 bits per heavy atom. The Morgan fingerprint density at radius 3 is 2.56 bits per heavy atom. The third-order valence-corrected chi connectivity index (χ3v) is 6.02. The van der Waals surface area contributed by atoms with Gasteiger partial charge in [0.1, 0.15) is 12.2 Å². The molecule has 10 heteroatoms. The van der Waals surface area contributed by atoms with Crippen LogP contribution < -0.4 is 9.46 Å². The zero-order valence-electron chi connectivity index (χ0n) is 13.8. The summed E-state index contributed by atoms with van der Waals surface area (Å²) in [7, 11) is -3.47. The maximum atomic E-state index is 12.4. The summed E-state index contributed by atoms with van der Waals surface area (Å²) in [5, 5.41) is 9.02. The SMILES string of the molecule is N#Cc1nccnc1OC1CCC(NS(=O)(=O)N2CCOCC2)CC1. The molecule has 0 amide bonds. The molecule has 9 nitrogen and oxygen atoms in total. The Morgan fingerprint density at radius 1 is 1.20 bits per heavy atom. The molecule has 2 aliphatic rings. The third kappa shape index (κ3) is 4.64. The van der Waals surface area contributed by atoms with Gasteiger partial charge in [-0.1, -0.05) is 0 Å². The molecule has 1 aromatic heterocycles. The van der Waals surface area contributed by atoms with Crippen LogP contribution in [0.1, 0.15) is 31.4 Å². The molecule has 3 rings (SSSR count). The molecule has 2 fully saturated rings. The molecule has 0 spiro atoms. The fraction of sp³-hybridized carbons (Fsp3) is 0.667. The topological polar surface area (TPSA) is 117 Å². The van der Waals surface area contributed by atoms with Gasteiger partial charge >= 0.3 is 0 Å². The predicted molar refractivity (Wildman–Crippen MR) is 87.9 cm³/mol. The number of rotatable bonds is 5. The van der Waals surface area contributed by atoms with Crippen molar-refractivity contribution in [2.45, 2.75) is 37.8 Å². The molecule has 1 aliphatic carbocycles. The van der Waals surface area contributed by atoms with Crippen LogP contribution in [-0.2, 0) is 14.9 Å². The second-order valence-electron chi connectivity index (χ2n) is 6.05. The first-order valence-electron chi connectivity index (χ1n) is 8.31. The summed E-state index contributed by atoms with van der Waals surface area (Å²) in [6.45, 7) is 1.64. The van der Waals surface area contributed by atoms with E-state index in [2.05, 4.69) is 14.7 Å². The van der Waals surface area contributed by atoms with Crippen molar-refractivity contribution in [3.8, 4) is 11.9 Å². The van der Waals surface area contributed by atoms with Crippen molar-refractivity contribution in [2.75, 3.05) is 26.3 Å². The summed E-state index contributed by atoms with van der Waals surface area (Å²) in [4.78, 5) is 7.97. The fourth-order valence-electron chi connectivity index (χ4n) is 3.02. The molecule has 2 heterocycles. The molecule has 0 aromatic carbocycles. The standard InChI is InChI=1S/C15H21N5O4S/c16-11-14-15(18-6-5-17-14)24-13-3-1-12(2-4-13)19-25(21,22)20-7-9-23-10-8-20/h5-6,12-13,19H,1-4,7-10H2. The number of nitriles is 1. The van der Waals surface area contributed by atoms with Crippen molar-refractivity contribution < 1.29 is 17.9 Å². The fourth-order valence-corrected chi connectivity index (χ4v) is 4.45. The monoisotopic (exact) mass is 367 g/mol. The molecule has 1 aromatic rings. The van der Waals surface area contributed by atoms with Gasteiger partial charge in [0.2, 0.25) is 5.69 Å². The van der Waals surface area contributed by atoms with E-state index in [4.69, 9.17) is 14.7 Å². The maximum Gasteiger partial charge on any atom is 0.279 e. The summed E-state index contributed by atoms with van der Waals surface area (Å²) in [6.07, 6.45) is 5.58. The van der Waals surface area contributed by atoms with Gasteiger partial charge in [-0.25, -0.2) is 9.97 Å². The molecule has 1 aliphatic heterocycles. The van der Waals surface area contributed by atoms with Gasteiger partial charge < -0.3 is 9.47 Å². The van der Waals surface area contributed by atoms with E-state index in [1.54, 1.807) is 0 Å². The van der Waals surface area contributed by atoms with Crippen molar-refractivity contribution in [1.82, 2.24) is 19.0 Å². The van der Waals surface area contributed by atoms with Crippen LogP contribution in [0.5, 0.6) is 5.88 Å². The van der Waals surface area contributed by atoms with Gasteiger partial charge in [-0.05, 0) is 25.7 Å². The molecule has 0 unspecified atom stereocenters. The second-order valence-corrected chi connectivity index (χ2v) is 7.75. The summed E-state index contributed by atoms with van der Waals surface area (Å²) >= 11 is 0. The van der Waals surface area contributed by atoms with Crippen LogP contribution >= 0.6 is 0 Å². The quantitative estimate of drug-likeness (QED) is 0.790. The van der Waals surface area contributed by atoms with Crippen LogP contribution in [0.15, 0.2) is 12.4 Å². The van der Waals surface area contributed by atoms with Gasteiger partial charge in [0, 0.05) is 31.5 Å². The lowest BCUT2D eigenvalue weighted by Crippen LogP contribution is -2.50. The Labute approximate surface area is 147 Å². The first-order valence-corrected chi connectivity index (χ1v) is 9.75. The van der Waals surface area contributed by atoms with Gasteiger partial charge in [-0.2, -0.15) is 22.7 Å². The molecule has 1 N–H and O–H groups in total. The highest BCUT2D eigenvalue weighted by molar-refractivity contribution is 7.87. The van der Waals surface area contributed by atoms with Crippen molar-refractivity contribution in [3.63, 3.8) is 0 Å². The van der Waals surface area contributed by atoms with Crippen molar-refractivity contribution in [3.05, 3.63) is 18.1 Å². The zero-order valence-corrected chi connectivity index (χ0v) is 14.6. The van der Waals surface area contributed by atoms with Crippen LogP contribution in [-0.4, -0.2) is 61.1 Å². The number of hydrogen-bond donors (Lipinski definition) is 1. The molecule has 0 bridgehead atoms. The highest BCUT2D eigenvalue weighted by Gasteiger charge is 2.30. The lowest BCUT2D eigenvalue weighted by Gasteiger charge is -2.32. The Balaban J connectivity index is 1.51. The lowest BCUT2D eigenvalue weighted by molar-refractivity contribution is 0.0719. The van der Waals surface area contributed by atoms with Gasteiger partial charge in [-0.15, -0.1) is 0 Å². The minimum atomic E-state index is -3.47. The van der Waals surface area contributed by atoms with Gasteiger partial charge in [0.05, 0.1) is 13.2 Å². The van der Waals surface area contributed by atoms with Crippen LogP contribution in [0, 0.1) is 11.3 Å². The van der Waals surface area contributed by atoms with Gasteiger partial charge in [0.25, 0.3) is 16.1 Å². The van der Waals surface area contributed by atoms with Crippen LogP contribution in [0.25, 0.3) is 0 Å². The van der Waals surface area contributed by atoms with E-state index in [0.717, 1.165) is 0 Å². The Kier molecular flexibility index (Phi) is 5.80. The van der Waals surface area contributed by atoms with Crippen LogP contribution in [0.2, 0.25) is 0 Å². The first-order chi connectivity index (χ1) is 12.1. The average molecular weight is 367 g/mol. The highest BCUT2D eigenvalue weighted by atomic mass is 32.2. The van der Waals surface area contributed by atoms with Crippen molar-refractivity contribution in [1.29, 1.82) is 5.26 Å². The van der Waals surface area contributed by atoms with E-state index >= 15 is 0 Å². The predicted octanol–water partition coefficient (Wildman–Crippen LogP) is 0.205. The molecule has 25 heavy (non-hydrogen) atoms. The molecule has 136 valence electrons. The number of morpholine rings is 1. The molecule has 0 atom stereocenters. The average Bonchev–Trinajstić information content (AvgIpc) is 2.64. The summed E-state index contributed by atoms with van der Waals surface area (Å²) in [5.74, 6) is 0.238. The molecule has 1 saturated heterocycles. The van der Waals surface area contributed by atoms with E-state index in [1.807, 2.05) is 6.07 Å². The summed E-state index contributed by atoms with van der Waals surface area (Å²) in [5.41, 5.74) is 0.164. The van der Waals surface area contributed by atoms with E-state index in [-0.39, 0.29) is 23.7 Å². The van der Waals surface area contributed by atoms with E-state index in [9.17, 15) is 8.42 Å². The number of hydrogen-bond acceptors (Lipinski definition) is 7. The van der Waals surface area contributed by atoms with Crippen LogP contribution in [0.3, 0.4) is 0 Å². The Bertz CT molecular complexity index is 722. The van der Waals surface area contributed by atoms with Crippen molar-refractivity contribution >= 4 is 10.2 Å². The third-order valence-electron chi connectivity index (χ3n) is 4.35. The minimum absolute atomic E-state index is 0.0899. The number of aromatic nitrogens is 2.